The Morgan fingerprint density at radius 2 is 1.90 bits per heavy atom. The van der Waals surface area contributed by atoms with Crippen molar-refractivity contribution in [2.24, 2.45) is 0 Å². The van der Waals surface area contributed by atoms with E-state index in [9.17, 15) is 9.59 Å². The van der Waals surface area contributed by atoms with Crippen molar-refractivity contribution in [2.45, 2.75) is 38.1 Å². The normalized spacial score (nSPS) is 19.2. The molecule has 4 rings (SSSR count). The summed E-state index contributed by atoms with van der Waals surface area (Å²) in [6, 6.07) is 9.91. The summed E-state index contributed by atoms with van der Waals surface area (Å²) >= 11 is 0. The Hall–Kier alpha value is -2.67. The van der Waals surface area contributed by atoms with Crippen LogP contribution in [-0.2, 0) is 4.79 Å². The molecule has 2 saturated heterocycles. The van der Waals surface area contributed by atoms with Crippen molar-refractivity contribution in [3.05, 3.63) is 35.9 Å². The minimum absolute atomic E-state index is 0.0165. The molecule has 166 valence electrons. The second kappa shape index (κ2) is 9.64. The van der Waals surface area contributed by atoms with Crippen molar-refractivity contribution < 1.29 is 9.59 Å². The molecule has 0 spiro atoms. The average molecular weight is 424 g/mol. The first-order valence-corrected chi connectivity index (χ1v) is 11.4. The molecular formula is C24H33N5O2. The number of para-hydroxylation sites is 1. The molecule has 2 aliphatic rings. The van der Waals surface area contributed by atoms with E-state index in [0.29, 0.717) is 12.1 Å². The monoisotopic (exact) mass is 423 g/mol. The third kappa shape index (κ3) is 4.82. The van der Waals surface area contributed by atoms with Gasteiger partial charge in [-0.15, -0.1) is 0 Å². The van der Waals surface area contributed by atoms with Gasteiger partial charge < -0.3 is 15.1 Å². The lowest BCUT2D eigenvalue weighted by Crippen LogP contribution is -2.43. The molecule has 1 atom stereocenters. The number of likely N-dealkylation sites (tertiary alicyclic amines) is 1. The number of rotatable bonds is 7. The Morgan fingerprint density at radius 1 is 1.13 bits per heavy atom. The summed E-state index contributed by atoms with van der Waals surface area (Å²) in [5.74, 6) is 0.909. The number of fused-ring (bicyclic) bond motifs is 1. The van der Waals surface area contributed by atoms with Crippen molar-refractivity contribution >= 4 is 28.5 Å². The highest BCUT2D eigenvalue weighted by Gasteiger charge is 2.31. The summed E-state index contributed by atoms with van der Waals surface area (Å²) in [5.41, 5.74) is 1.58. The Balaban J connectivity index is 1.39. The molecule has 2 amide bonds. The third-order valence-corrected chi connectivity index (χ3v) is 6.35. The van der Waals surface area contributed by atoms with Gasteiger partial charge in [-0.05, 0) is 50.8 Å². The fourth-order valence-corrected chi connectivity index (χ4v) is 4.69. The summed E-state index contributed by atoms with van der Waals surface area (Å²) in [6.45, 7) is 4.25. The van der Waals surface area contributed by atoms with Crippen LogP contribution in [0.4, 0.5) is 5.82 Å². The molecule has 1 aromatic carbocycles. The summed E-state index contributed by atoms with van der Waals surface area (Å²) in [5, 5.41) is 4.07. The van der Waals surface area contributed by atoms with Gasteiger partial charge in [0.1, 0.15) is 5.82 Å². The van der Waals surface area contributed by atoms with Crippen LogP contribution < -0.4 is 10.2 Å². The zero-order valence-electron chi connectivity index (χ0n) is 18.6. The van der Waals surface area contributed by atoms with E-state index in [-0.39, 0.29) is 17.9 Å². The van der Waals surface area contributed by atoms with Gasteiger partial charge in [0.2, 0.25) is 5.91 Å². The van der Waals surface area contributed by atoms with Gasteiger partial charge in [-0.1, -0.05) is 18.2 Å². The zero-order chi connectivity index (χ0) is 21.8. The molecule has 2 aliphatic heterocycles. The van der Waals surface area contributed by atoms with Crippen molar-refractivity contribution in [2.75, 3.05) is 51.7 Å². The smallest absolute Gasteiger partial charge is 0.255 e. The number of likely N-dealkylation sites (N-methyl/N-ethyl adjacent to an activating group) is 1. The minimum Gasteiger partial charge on any atom is -0.356 e. The molecule has 0 radical (unpaired) electrons. The number of amides is 2. The molecule has 0 saturated carbocycles. The van der Waals surface area contributed by atoms with E-state index in [2.05, 4.69) is 15.1 Å². The second-order valence-corrected chi connectivity index (χ2v) is 8.78. The highest BCUT2D eigenvalue weighted by Crippen LogP contribution is 2.26. The van der Waals surface area contributed by atoms with Crippen LogP contribution in [0, 0.1) is 0 Å². The maximum Gasteiger partial charge on any atom is 0.255 e. The van der Waals surface area contributed by atoms with Gasteiger partial charge in [-0.2, -0.15) is 0 Å². The van der Waals surface area contributed by atoms with E-state index in [4.69, 9.17) is 4.98 Å². The van der Waals surface area contributed by atoms with Crippen LogP contribution in [0.25, 0.3) is 10.9 Å². The van der Waals surface area contributed by atoms with E-state index in [1.807, 2.05) is 44.4 Å². The van der Waals surface area contributed by atoms with Crippen LogP contribution in [0.2, 0.25) is 0 Å². The predicted octanol–water partition coefficient (Wildman–Crippen LogP) is 2.51. The van der Waals surface area contributed by atoms with Crippen LogP contribution in [0.15, 0.2) is 30.3 Å². The summed E-state index contributed by atoms with van der Waals surface area (Å²) in [4.78, 5) is 36.4. The highest BCUT2D eigenvalue weighted by atomic mass is 16.2. The quantitative estimate of drug-likeness (QED) is 0.693. The molecule has 1 unspecified atom stereocenters. The van der Waals surface area contributed by atoms with E-state index >= 15 is 0 Å². The summed E-state index contributed by atoms with van der Waals surface area (Å²) in [6.07, 6.45) is 5.07. The second-order valence-electron chi connectivity index (χ2n) is 8.78. The van der Waals surface area contributed by atoms with E-state index in [1.54, 1.807) is 4.90 Å². The maximum atomic E-state index is 13.1. The van der Waals surface area contributed by atoms with Gasteiger partial charge in [0, 0.05) is 45.7 Å². The first-order valence-electron chi connectivity index (χ1n) is 11.4. The van der Waals surface area contributed by atoms with E-state index in [0.717, 1.165) is 75.0 Å². The number of carbonyl (C=O) groups is 2. The number of hydrogen-bond acceptors (Lipinski definition) is 5. The first kappa shape index (κ1) is 21.6. The fraction of sp³-hybridized carbons (Fsp3) is 0.542. The van der Waals surface area contributed by atoms with Gasteiger partial charge in [0.25, 0.3) is 5.91 Å². The van der Waals surface area contributed by atoms with Gasteiger partial charge in [-0.3, -0.25) is 14.5 Å². The Kier molecular flexibility index (Phi) is 6.70. The van der Waals surface area contributed by atoms with Crippen molar-refractivity contribution in [3.8, 4) is 0 Å². The maximum absolute atomic E-state index is 13.1. The molecule has 7 heteroatoms. The number of pyridine rings is 1. The number of anilines is 1. The number of aromatic nitrogens is 1. The molecule has 3 heterocycles. The average Bonchev–Trinajstić information content (AvgIpc) is 3.47. The predicted molar refractivity (Wildman–Crippen MR) is 123 cm³/mol. The first-order chi connectivity index (χ1) is 15.0. The number of carbonyl (C=O) groups excluding carboxylic acids is 2. The van der Waals surface area contributed by atoms with Crippen LogP contribution >= 0.6 is 0 Å². The van der Waals surface area contributed by atoms with E-state index < -0.39 is 0 Å². The van der Waals surface area contributed by atoms with Crippen molar-refractivity contribution in [1.29, 1.82) is 0 Å². The zero-order valence-corrected chi connectivity index (χ0v) is 18.6. The summed E-state index contributed by atoms with van der Waals surface area (Å²) in [7, 11) is 3.63. The number of hydrogen-bond donors (Lipinski definition) is 1. The molecule has 7 nitrogen and oxygen atoms in total. The van der Waals surface area contributed by atoms with Crippen LogP contribution in [-0.4, -0.2) is 79.5 Å². The van der Waals surface area contributed by atoms with Gasteiger partial charge in [0.05, 0.1) is 17.1 Å². The Bertz CT molecular complexity index is 939. The molecule has 31 heavy (non-hydrogen) atoms. The highest BCUT2D eigenvalue weighted by molar-refractivity contribution is 6.02. The van der Waals surface area contributed by atoms with Crippen LogP contribution in [0.1, 0.15) is 42.5 Å². The third-order valence-electron chi connectivity index (χ3n) is 6.35. The lowest BCUT2D eigenvalue weighted by atomic mass is 10.1. The topological polar surface area (TPSA) is 68.8 Å². The largest absolute Gasteiger partial charge is 0.356 e. The van der Waals surface area contributed by atoms with Crippen LogP contribution in [0.5, 0.6) is 0 Å². The molecular weight excluding hydrogens is 390 g/mol. The van der Waals surface area contributed by atoms with Crippen molar-refractivity contribution in [1.82, 2.24) is 20.1 Å². The van der Waals surface area contributed by atoms with E-state index in [1.165, 1.54) is 0 Å². The Labute approximate surface area is 184 Å². The molecule has 1 N–H and O–H groups in total. The molecule has 1 aromatic heterocycles. The standard InChI is InChI=1S/C24H33N5O2/c1-27(2)24(31)21-11-7-15-28(21)16-8-12-25-23(30)19-17-18-9-3-4-10-20(18)26-22(19)29-13-5-6-14-29/h3-4,9-10,17,21H,5-8,11-16H2,1-2H3,(H,25,30). The fourth-order valence-electron chi connectivity index (χ4n) is 4.69. The molecule has 0 bridgehead atoms. The van der Waals surface area contributed by atoms with Crippen LogP contribution in [0.3, 0.4) is 0 Å². The van der Waals surface area contributed by atoms with Gasteiger partial charge in [-0.25, -0.2) is 4.98 Å². The molecule has 2 aromatic rings. The number of benzene rings is 1. The minimum atomic E-state index is -0.0671. The Morgan fingerprint density at radius 3 is 2.68 bits per heavy atom. The molecule has 0 aliphatic carbocycles. The summed E-state index contributed by atoms with van der Waals surface area (Å²) < 4.78 is 0. The lowest BCUT2D eigenvalue weighted by Gasteiger charge is -2.26. The van der Waals surface area contributed by atoms with Crippen molar-refractivity contribution in [3.63, 3.8) is 0 Å². The lowest BCUT2D eigenvalue weighted by molar-refractivity contribution is -0.133. The van der Waals surface area contributed by atoms with Gasteiger partial charge >= 0.3 is 0 Å². The van der Waals surface area contributed by atoms with Gasteiger partial charge in [0.15, 0.2) is 0 Å². The number of nitrogens with zero attached hydrogens (tertiary/aromatic N) is 4. The molecule has 2 fully saturated rings. The number of nitrogens with one attached hydrogen (secondary N) is 1. The SMILES string of the molecule is CN(C)C(=O)C1CCCN1CCCNC(=O)c1cc2ccccc2nc1N1CCCC1.